The molecule has 3 heterocycles. The lowest BCUT2D eigenvalue weighted by Crippen LogP contribution is -2.39. The summed E-state index contributed by atoms with van der Waals surface area (Å²) in [6.45, 7) is 5.00. The second-order valence-corrected chi connectivity index (χ2v) is 6.37. The van der Waals surface area contributed by atoms with Gasteiger partial charge in [0.05, 0.1) is 5.54 Å². The number of benzene rings is 1. The Morgan fingerprint density at radius 3 is 2.79 bits per heavy atom. The zero-order valence-corrected chi connectivity index (χ0v) is 11.9. The van der Waals surface area contributed by atoms with E-state index in [0.29, 0.717) is 0 Å². The van der Waals surface area contributed by atoms with Crippen LogP contribution in [0.5, 0.6) is 0 Å². The minimum absolute atomic E-state index is 0.263. The molecule has 2 aliphatic rings. The molecule has 1 atom stereocenters. The average molecular weight is 254 g/mol. The highest BCUT2D eigenvalue weighted by Crippen LogP contribution is 2.45. The normalized spacial score (nSPS) is 27.3. The Morgan fingerprint density at radius 2 is 1.89 bits per heavy atom. The first kappa shape index (κ1) is 11.5. The number of nitrogens with zero attached hydrogens (tertiary/aromatic N) is 2. The van der Waals surface area contributed by atoms with E-state index in [4.69, 9.17) is 0 Å². The molecule has 0 bridgehead atoms. The number of rotatable bonds is 0. The van der Waals surface area contributed by atoms with Crippen LogP contribution in [0.1, 0.15) is 37.4 Å². The van der Waals surface area contributed by atoms with Gasteiger partial charge in [0.1, 0.15) is 0 Å². The van der Waals surface area contributed by atoms with Crippen LogP contribution in [0.3, 0.4) is 0 Å². The molecule has 0 saturated carbocycles. The lowest BCUT2D eigenvalue weighted by atomic mass is 9.91. The van der Waals surface area contributed by atoms with Crippen LogP contribution >= 0.6 is 0 Å². The van der Waals surface area contributed by atoms with Crippen molar-refractivity contribution in [3.05, 3.63) is 35.5 Å². The second kappa shape index (κ2) is 3.86. The highest BCUT2D eigenvalue weighted by molar-refractivity contribution is 5.86. The maximum absolute atomic E-state index is 2.72. The standard InChI is InChI=1S/C17H22N2/c1-17-10-6-12-19(17)11-5-8-14-13-7-3-4-9-15(13)18(2)16(14)17/h3-4,7,9H,5-6,8,10-12H2,1-2H3. The lowest BCUT2D eigenvalue weighted by molar-refractivity contribution is 0.154. The smallest absolute Gasteiger partial charge is 0.0588 e. The van der Waals surface area contributed by atoms with Crippen LogP contribution in [0.2, 0.25) is 0 Å². The zero-order chi connectivity index (χ0) is 13.0. The molecule has 2 aromatic rings. The molecule has 4 rings (SSSR count). The van der Waals surface area contributed by atoms with Gasteiger partial charge in [-0.15, -0.1) is 0 Å². The summed E-state index contributed by atoms with van der Waals surface area (Å²) < 4.78 is 2.47. The minimum atomic E-state index is 0.263. The van der Waals surface area contributed by atoms with Crippen LogP contribution in [-0.2, 0) is 19.0 Å². The van der Waals surface area contributed by atoms with Crippen molar-refractivity contribution in [1.82, 2.24) is 9.47 Å². The van der Waals surface area contributed by atoms with Crippen LogP contribution in [0, 0.1) is 0 Å². The molecule has 0 amide bonds. The number of aromatic nitrogens is 1. The SMILES string of the molecule is Cn1c2c(c3ccccc31)CCCN1CCCC21C. The maximum Gasteiger partial charge on any atom is 0.0588 e. The molecule has 0 radical (unpaired) electrons. The van der Waals surface area contributed by atoms with Crippen LogP contribution in [0.15, 0.2) is 24.3 Å². The van der Waals surface area contributed by atoms with Gasteiger partial charge in [-0.2, -0.15) is 0 Å². The van der Waals surface area contributed by atoms with Gasteiger partial charge in [-0.05, 0) is 57.3 Å². The molecule has 0 N–H and O–H groups in total. The van der Waals surface area contributed by atoms with Crippen molar-refractivity contribution in [3.8, 4) is 0 Å². The third-order valence-corrected chi connectivity index (χ3v) is 5.37. The molecule has 1 unspecified atom stereocenters. The molecule has 0 spiro atoms. The van der Waals surface area contributed by atoms with Crippen molar-refractivity contribution < 1.29 is 0 Å². The average Bonchev–Trinajstić information content (AvgIpc) is 2.87. The van der Waals surface area contributed by atoms with Gasteiger partial charge in [0, 0.05) is 23.6 Å². The number of fused-ring (bicyclic) bond motifs is 5. The Bertz CT molecular complexity index is 640. The molecular formula is C17H22N2. The molecule has 19 heavy (non-hydrogen) atoms. The maximum atomic E-state index is 2.72. The van der Waals surface area contributed by atoms with E-state index in [1.54, 1.807) is 11.3 Å². The topological polar surface area (TPSA) is 8.17 Å². The van der Waals surface area contributed by atoms with Gasteiger partial charge >= 0.3 is 0 Å². The van der Waals surface area contributed by atoms with Crippen molar-refractivity contribution in [3.63, 3.8) is 0 Å². The lowest BCUT2D eigenvalue weighted by Gasteiger charge is -2.35. The third kappa shape index (κ3) is 1.41. The van der Waals surface area contributed by atoms with Crippen molar-refractivity contribution in [2.45, 2.75) is 38.1 Å². The molecule has 2 heteroatoms. The van der Waals surface area contributed by atoms with E-state index in [0.717, 1.165) is 0 Å². The fraction of sp³-hybridized carbons (Fsp3) is 0.529. The van der Waals surface area contributed by atoms with Gasteiger partial charge < -0.3 is 4.57 Å². The summed E-state index contributed by atoms with van der Waals surface area (Å²) in [6, 6.07) is 8.92. The number of hydrogen-bond donors (Lipinski definition) is 0. The summed E-state index contributed by atoms with van der Waals surface area (Å²) in [6.07, 6.45) is 5.20. The largest absolute Gasteiger partial charge is 0.346 e. The molecule has 100 valence electrons. The highest BCUT2D eigenvalue weighted by Gasteiger charge is 2.43. The van der Waals surface area contributed by atoms with Crippen molar-refractivity contribution in [2.24, 2.45) is 7.05 Å². The molecular weight excluding hydrogens is 232 g/mol. The first-order valence-corrected chi connectivity index (χ1v) is 7.53. The summed E-state index contributed by atoms with van der Waals surface area (Å²) >= 11 is 0. The number of para-hydroxylation sites is 1. The van der Waals surface area contributed by atoms with Crippen molar-refractivity contribution >= 4 is 10.9 Å². The van der Waals surface area contributed by atoms with E-state index < -0.39 is 0 Å². The summed E-state index contributed by atoms with van der Waals surface area (Å²) in [5.41, 5.74) is 4.87. The van der Waals surface area contributed by atoms with Crippen LogP contribution in [0.4, 0.5) is 0 Å². The van der Waals surface area contributed by atoms with E-state index in [1.807, 2.05) is 0 Å². The van der Waals surface area contributed by atoms with Gasteiger partial charge in [-0.25, -0.2) is 0 Å². The molecule has 1 aromatic heterocycles. The van der Waals surface area contributed by atoms with Crippen molar-refractivity contribution in [1.29, 1.82) is 0 Å². The molecule has 2 nitrogen and oxygen atoms in total. The zero-order valence-electron chi connectivity index (χ0n) is 11.9. The number of hydrogen-bond acceptors (Lipinski definition) is 1. The molecule has 1 aromatic carbocycles. The third-order valence-electron chi connectivity index (χ3n) is 5.37. The Hall–Kier alpha value is -1.28. The quantitative estimate of drug-likeness (QED) is 0.699. The highest BCUT2D eigenvalue weighted by atomic mass is 15.2. The summed E-state index contributed by atoms with van der Waals surface area (Å²) in [5, 5.41) is 1.48. The van der Waals surface area contributed by atoms with E-state index in [9.17, 15) is 0 Å². The monoisotopic (exact) mass is 254 g/mol. The predicted molar refractivity (Wildman–Crippen MR) is 79.4 cm³/mol. The van der Waals surface area contributed by atoms with Gasteiger partial charge in [-0.1, -0.05) is 18.2 Å². The van der Waals surface area contributed by atoms with Gasteiger partial charge in [0.2, 0.25) is 0 Å². The summed E-state index contributed by atoms with van der Waals surface area (Å²) in [5.74, 6) is 0. The second-order valence-electron chi connectivity index (χ2n) is 6.37. The minimum Gasteiger partial charge on any atom is -0.346 e. The summed E-state index contributed by atoms with van der Waals surface area (Å²) in [4.78, 5) is 2.72. The summed E-state index contributed by atoms with van der Waals surface area (Å²) in [7, 11) is 2.26. The van der Waals surface area contributed by atoms with E-state index >= 15 is 0 Å². The Morgan fingerprint density at radius 1 is 1.11 bits per heavy atom. The predicted octanol–water partition coefficient (Wildman–Crippen LogP) is 3.44. The van der Waals surface area contributed by atoms with Gasteiger partial charge in [-0.3, -0.25) is 4.90 Å². The van der Waals surface area contributed by atoms with Crippen molar-refractivity contribution in [2.75, 3.05) is 13.1 Å². The van der Waals surface area contributed by atoms with Crippen LogP contribution in [-0.4, -0.2) is 22.6 Å². The van der Waals surface area contributed by atoms with Crippen LogP contribution in [0.25, 0.3) is 10.9 Å². The Kier molecular flexibility index (Phi) is 2.34. The Labute approximate surface area is 115 Å². The van der Waals surface area contributed by atoms with Gasteiger partial charge in [0.25, 0.3) is 0 Å². The Balaban J connectivity index is 2.06. The first-order chi connectivity index (χ1) is 9.22. The van der Waals surface area contributed by atoms with E-state index in [1.165, 1.54) is 49.7 Å². The first-order valence-electron chi connectivity index (χ1n) is 7.53. The van der Waals surface area contributed by atoms with E-state index in [2.05, 4.69) is 47.7 Å². The van der Waals surface area contributed by atoms with Gasteiger partial charge in [0.15, 0.2) is 0 Å². The molecule has 1 saturated heterocycles. The van der Waals surface area contributed by atoms with Crippen LogP contribution < -0.4 is 0 Å². The number of aryl methyl sites for hydroxylation is 2. The van der Waals surface area contributed by atoms with E-state index in [-0.39, 0.29) is 5.54 Å². The molecule has 1 fully saturated rings. The molecule has 0 aliphatic carbocycles. The molecule has 2 aliphatic heterocycles. The fourth-order valence-corrected chi connectivity index (χ4v) is 4.50. The fourth-order valence-electron chi connectivity index (χ4n) is 4.50.